The number of piperidine rings is 1. The fraction of sp³-hybridized carbons (Fsp3) is 0.720. The quantitative estimate of drug-likeness (QED) is 0.536. The Kier molecular flexibility index (Phi) is 9.04. The summed E-state index contributed by atoms with van der Waals surface area (Å²) in [7, 11) is -1.93. The van der Waals surface area contributed by atoms with Gasteiger partial charge in [0, 0.05) is 45.2 Å². The van der Waals surface area contributed by atoms with Gasteiger partial charge in [0.2, 0.25) is 15.9 Å². The third kappa shape index (κ3) is 6.01. The highest BCUT2D eigenvalue weighted by Crippen LogP contribution is 2.34. The van der Waals surface area contributed by atoms with Crippen molar-refractivity contribution in [2.75, 3.05) is 51.3 Å². The fourth-order valence-electron chi connectivity index (χ4n) is 4.97. The van der Waals surface area contributed by atoms with Gasteiger partial charge in [-0.1, -0.05) is 33.6 Å². The van der Waals surface area contributed by atoms with Crippen LogP contribution in [0.5, 0.6) is 5.75 Å². The summed E-state index contributed by atoms with van der Waals surface area (Å²) in [5.74, 6) is 1.40. The van der Waals surface area contributed by atoms with Crippen molar-refractivity contribution in [3.8, 4) is 5.75 Å². The van der Waals surface area contributed by atoms with E-state index in [0.29, 0.717) is 55.8 Å². The van der Waals surface area contributed by atoms with Crippen LogP contribution in [0.1, 0.15) is 59.3 Å². The van der Waals surface area contributed by atoms with Crippen molar-refractivity contribution >= 4 is 21.6 Å². The lowest BCUT2D eigenvalue weighted by Gasteiger charge is -2.38. The number of benzene rings is 1. The van der Waals surface area contributed by atoms with E-state index in [4.69, 9.17) is 4.74 Å². The average molecular weight is 480 g/mol. The molecule has 1 aromatic carbocycles. The van der Waals surface area contributed by atoms with Crippen LogP contribution < -0.4 is 9.64 Å². The molecule has 2 aliphatic heterocycles. The molecule has 7 nitrogen and oxygen atoms in total. The van der Waals surface area contributed by atoms with Crippen molar-refractivity contribution in [3.05, 3.63) is 18.2 Å². The van der Waals surface area contributed by atoms with E-state index in [9.17, 15) is 13.2 Å². The molecule has 0 N–H and O–H groups in total. The van der Waals surface area contributed by atoms with Crippen molar-refractivity contribution in [1.29, 1.82) is 0 Å². The van der Waals surface area contributed by atoms with E-state index in [1.807, 2.05) is 4.90 Å². The Balaban J connectivity index is 1.74. The predicted octanol–water partition coefficient (Wildman–Crippen LogP) is 3.98. The van der Waals surface area contributed by atoms with Crippen LogP contribution in [0.3, 0.4) is 0 Å². The lowest BCUT2D eigenvalue weighted by molar-refractivity contribution is -0.136. The Morgan fingerprint density at radius 2 is 1.88 bits per heavy atom. The lowest BCUT2D eigenvalue weighted by atomic mass is 9.97. The number of carbonyl (C=O) groups excluding carboxylic acids is 1. The first-order chi connectivity index (χ1) is 15.8. The first kappa shape index (κ1) is 25.8. The molecule has 2 saturated heterocycles. The summed E-state index contributed by atoms with van der Waals surface area (Å²) in [6, 6.07) is 5.16. The molecule has 186 valence electrons. The Bertz CT molecular complexity index is 897. The first-order valence-corrected chi connectivity index (χ1v) is 14.0. The standard InChI is InChI=1S/C25H41N3O4S/c1-5-7-10-21(6-2)25(29)27-16-14-26(15-17-27)23-18-22(11-12-24(23)32-4)33(30,31)28-13-8-9-20(3)19-28/h11-12,18,20-21H,5-10,13-17,19H2,1-4H3/t20-,21+/m1/s1. The third-order valence-corrected chi connectivity index (χ3v) is 8.95. The molecule has 8 heteroatoms. The fourth-order valence-corrected chi connectivity index (χ4v) is 6.59. The predicted molar refractivity (Wildman–Crippen MR) is 132 cm³/mol. The van der Waals surface area contributed by atoms with Gasteiger partial charge in [-0.05, 0) is 49.8 Å². The van der Waals surface area contributed by atoms with Gasteiger partial charge in [0.25, 0.3) is 0 Å². The highest BCUT2D eigenvalue weighted by Gasteiger charge is 2.31. The molecule has 1 amide bonds. The van der Waals surface area contributed by atoms with Crippen molar-refractivity contribution < 1.29 is 17.9 Å². The minimum absolute atomic E-state index is 0.103. The number of nitrogens with zero attached hydrogens (tertiary/aromatic N) is 3. The Hall–Kier alpha value is -1.80. The molecule has 1 aromatic rings. The van der Waals surface area contributed by atoms with E-state index in [0.717, 1.165) is 44.2 Å². The van der Waals surface area contributed by atoms with E-state index >= 15 is 0 Å². The maximum atomic E-state index is 13.3. The maximum Gasteiger partial charge on any atom is 0.243 e. The molecule has 0 aliphatic carbocycles. The van der Waals surface area contributed by atoms with Crippen LogP contribution in [0, 0.1) is 11.8 Å². The van der Waals surface area contributed by atoms with Crippen LogP contribution in [-0.2, 0) is 14.8 Å². The molecular weight excluding hydrogens is 438 g/mol. The Morgan fingerprint density at radius 3 is 2.48 bits per heavy atom. The molecule has 2 heterocycles. The largest absolute Gasteiger partial charge is 0.495 e. The van der Waals surface area contributed by atoms with Crippen molar-refractivity contribution in [2.45, 2.75) is 64.2 Å². The second-order valence-corrected chi connectivity index (χ2v) is 11.4. The minimum Gasteiger partial charge on any atom is -0.495 e. The SMILES string of the molecule is CCCC[C@H](CC)C(=O)N1CCN(c2cc(S(=O)(=O)N3CCC[C@@H](C)C3)ccc2OC)CC1. The van der Waals surface area contributed by atoms with Gasteiger partial charge in [-0.15, -0.1) is 0 Å². The molecule has 0 spiro atoms. The van der Waals surface area contributed by atoms with Crippen LogP contribution in [0.25, 0.3) is 0 Å². The smallest absolute Gasteiger partial charge is 0.243 e. The van der Waals surface area contributed by atoms with Gasteiger partial charge in [-0.25, -0.2) is 8.42 Å². The number of amides is 1. The third-order valence-electron chi connectivity index (χ3n) is 7.09. The van der Waals surface area contributed by atoms with E-state index in [2.05, 4.69) is 25.7 Å². The zero-order valence-electron chi connectivity index (χ0n) is 20.8. The number of unbranched alkanes of at least 4 members (excludes halogenated alkanes) is 1. The number of ether oxygens (including phenoxy) is 1. The summed E-state index contributed by atoms with van der Waals surface area (Å²) in [4.78, 5) is 17.4. The molecule has 0 bridgehead atoms. The molecule has 0 saturated carbocycles. The number of rotatable bonds is 9. The molecule has 0 aromatic heterocycles. The summed E-state index contributed by atoms with van der Waals surface area (Å²) >= 11 is 0. The van der Waals surface area contributed by atoms with Crippen LogP contribution in [0.4, 0.5) is 5.69 Å². The van der Waals surface area contributed by atoms with Crippen molar-refractivity contribution in [3.63, 3.8) is 0 Å². The maximum absolute atomic E-state index is 13.3. The van der Waals surface area contributed by atoms with Crippen LogP contribution in [0.2, 0.25) is 0 Å². The normalized spacial score (nSPS) is 21.2. The summed E-state index contributed by atoms with van der Waals surface area (Å²) in [6.45, 7) is 10.1. The van der Waals surface area contributed by atoms with Gasteiger partial charge in [0.1, 0.15) is 5.75 Å². The van der Waals surface area contributed by atoms with Crippen molar-refractivity contribution in [1.82, 2.24) is 9.21 Å². The number of hydrogen-bond donors (Lipinski definition) is 0. The molecule has 0 unspecified atom stereocenters. The summed E-state index contributed by atoms with van der Waals surface area (Å²) in [5.41, 5.74) is 0.786. The second kappa shape index (κ2) is 11.6. The van der Waals surface area contributed by atoms with Gasteiger partial charge in [-0.3, -0.25) is 4.79 Å². The molecule has 2 fully saturated rings. The summed E-state index contributed by atoms with van der Waals surface area (Å²) in [5, 5.41) is 0. The number of hydrogen-bond acceptors (Lipinski definition) is 5. The van der Waals surface area contributed by atoms with Crippen molar-refractivity contribution in [2.24, 2.45) is 11.8 Å². The molecule has 2 aliphatic rings. The van der Waals surface area contributed by atoms with Crippen LogP contribution in [0.15, 0.2) is 23.1 Å². The lowest BCUT2D eigenvalue weighted by Crippen LogP contribution is -2.50. The second-order valence-electron chi connectivity index (χ2n) is 9.50. The molecule has 0 radical (unpaired) electrons. The van der Waals surface area contributed by atoms with Gasteiger partial charge >= 0.3 is 0 Å². The van der Waals surface area contributed by atoms with E-state index in [1.54, 1.807) is 29.6 Å². The average Bonchev–Trinajstić information content (AvgIpc) is 2.84. The number of methoxy groups -OCH3 is 1. The monoisotopic (exact) mass is 479 g/mol. The van der Waals surface area contributed by atoms with Gasteiger partial charge in [-0.2, -0.15) is 4.31 Å². The van der Waals surface area contributed by atoms with E-state index < -0.39 is 10.0 Å². The highest BCUT2D eigenvalue weighted by atomic mass is 32.2. The highest BCUT2D eigenvalue weighted by molar-refractivity contribution is 7.89. The number of carbonyl (C=O) groups is 1. The van der Waals surface area contributed by atoms with Crippen LogP contribution >= 0.6 is 0 Å². The Labute approximate surface area is 200 Å². The Morgan fingerprint density at radius 1 is 1.15 bits per heavy atom. The van der Waals surface area contributed by atoms with E-state index in [1.165, 1.54) is 0 Å². The van der Waals surface area contributed by atoms with Gasteiger partial charge < -0.3 is 14.5 Å². The minimum atomic E-state index is -3.54. The van der Waals surface area contributed by atoms with Gasteiger partial charge in [0.15, 0.2) is 0 Å². The summed E-state index contributed by atoms with van der Waals surface area (Å²) in [6.07, 6.45) is 5.98. The zero-order valence-corrected chi connectivity index (χ0v) is 21.6. The summed E-state index contributed by atoms with van der Waals surface area (Å²) < 4.78 is 33.8. The topological polar surface area (TPSA) is 70.2 Å². The molecular formula is C25H41N3O4S. The number of anilines is 1. The molecule has 33 heavy (non-hydrogen) atoms. The first-order valence-electron chi connectivity index (χ1n) is 12.5. The van der Waals surface area contributed by atoms with E-state index in [-0.39, 0.29) is 11.8 Å². The molecule has 2 atom stereocenters. The molecule has 3 rings (SSSR count). The van der Waals surface area contributed by atoms with Crippen LogP contribution in [-0.4, -0.2) is 69.9 Å². The number of piperazine rings is 1. The van der Waals surface area contributed by atoms with Gasteiger partial charge in [0.05, 0.1) is 17.7 Å². The zero-order chi connectivity index (χ0) is 24.0. The number of sulfonamides is 1.